The van der Waals surface area contributed by atoms with E-state index in [0.29, 0.717) is 16.8 Å². The summed E-state index contributed by atoms with van der Waals surface area (Å²) in [6, 6.07) is 5.64. The molecule has 1 unspecified atom stereocenters. The molecule has 1 amide bonds. The molecule has 2 rings (SSSR count). The molecule has 0 aliphatic carbocycles. The molecule has 0 saturated heterocycles. The van der Waals surface area contributed by atoms with Crippen molar-refractivity contribution in [3.8, 4) is 0 Å². The third-order valence-electron chi connectivity index (χ3n) is 3.04. The minimum absolute atomic E-state index is 0.0315. The zero-order chi connectivity index (χ0) is 17.9. The van der Waals surface area contributed by atoms with E-state index in [2.05, 4.69) is 15.5 Å². The second-order valence-corrected chi connectivity index (χ2v) is 7.47. The van der Waals surface area contributed by atoms with Gasteiger partial charge < -0.3 is 9.73 Å². The van der Waals surface area contributed by atoms with Crippen molar-refractivity contribution in [1.82, 2.24) is 10.2 Å². The average molecular weight is 350 g/mol. The lowest BCUT2D eigenvalue weighted by atomic mass is 9.97. The molecule has 1 aromatic carbocycles. The molecule has 0 aliphatic heterocycles. The van der Waals surface area contributed by atoms with Crippen molar-refractivity contribution in [2.45, 2.75) is 43.6 Å². The number of anilines is 1. The minimum Gasteiger partial charge on any atom is -0.415 e. The number of rotatable bonds is 5. The van der Waals surface area contributed by atoms with E-state index in [9.17, 15) is 14.9 Å². The van der Waals surface area contributed by atoms with Gasteiger partial charge >= 0.3 is 0 Å². The van der Waals surface area contributed by atoms with Gasteiger partial charge in [-0.25, -0.2) is 0 Å². The van der Waals surface area contributed by atoms with Gasteiger partial charge in [-0.3, -0.25) is 14.9 Å². The van der Waals surface area contributed by atoms with Crippen LogP contribution in [0.1, 0.15) is 33.6 Å². The molecule has 24 heavy (non-hydrogen) atoms. The summed E-state index contributed by atoms with van der Waals surface area (Å²) in [6.07, 6.45) is 0. The summed E-state index contributed by atoms with van der Waals surface area (Å²) in [5.41, 5.74) is 0.200. The van der Waals surface area contributed by atoms with Crippen molar-refractivity contribution in [1.29, 1.82) is 0 Å². The number of carbonyl (C=O) groups excluding carboxylic acids is 1. The number of nitro benzene ring substituents is 1. The highest BCUT2D eigenvalue weighted by atomic mass is 32.2. The van der Waals surface area contributed by atoms with E-state index in [1.54, 1.807) is 6.92 Å². The molecule has 1 heterocycles. The monoisotopic (exact) mass is 350 g/mol. The Labute approximate surface area is 143 Å². The summed E-state index contributed by atoms with van der Waals surface area (Å²) in [4.78, 5) is 22.3. The van der Waals surface area contributed by atoms with Crippen molar-refractivity contribution in [3.63, 3.8) is 0 Å². The first-order valence-corrected chi connectivity index (χ1v) is 8.11. The molecule has 0 saturated carbocycles. The highest BCUT2D eigenvalue weighted by Gasteiger charge is 2.24. The number of nitrogens with zero attached hydrogens (tertiary/aromatic N) is 3. The molecule has 0 bridgehead atoms. The van der Waals surface area contributed by atoms with Crippen LogP contribution in [0.25, 0.3) is 0 Å². The Morgan fingerprint density at radius 3 is 2.42 bits per heavy atom. The van der Waals surface area contributed by atoms with E-state index in [4.69, 9.17) is 4.42 Å². The Hall–Kier alpha value is -2.42. The number of thioether (sulfide) groups is 1. The molecule has 8 nitrogen and oxygen atoms in total. The fourth-order valence-corrected chi connectivity index (χ4v) is 2.36. The average Bonchev–Trinajstić information content (AvgIpc) is 2.96. The van der Waals surface area contributed by atoms with Crippen LogP contribution in [-0.2, 0) is 10.2 Å². The maximum atomic E-state index is 12.2. The predicted octanol–water partition coefficient (Wildman–Crippen LogP) is 3.39. The second kappa shape index (κ2) is 7.00. The van der Waals surface area contributed by atoms with Crippen LogP contribution in [0.4, 0.5) is 11.4 Å². The fraction of sp³-hybridized carbons (Fsp3) is 0.400. The number of nitrogens with one attached hydrogen (secondary N) is 1. The van der Waals surface area contributed by atoms with E-state index in [-0.39, 0.29) is 17.0 Å². The quantitative estimate of drug-likeness (QED) is 0.500. The molecule has 1 atom stereocenters. The first kappa shape index (κ1) is 17.9. The predicted molar refractivity (Wildman–Crippen MR) is 90.0 cm³/mol. The summed E-state index contributed by atoms with van der Waals surface area (Å²) in [6.45, 7) is 7.59. The maximum Gasteiger partial charge on any atom is 0.277 e. The Bertz CT molecular complexity index is 737. The van der Waals surface area contributed by atoms with Crippen LogP contribution >= 0.6 is 11.8 Å². The summed E-state index contributed by atoms with van der Waals surface area (Å²) in [5, 5.41) is 21.1. The lowest BCUT2D eigenvalue weighted by molar-refractivity contribution is -0.384. The van der Waals surface area contributed by atoms with Crippen LogP contribution in [0, 0.1) is 10.1 Å². The summed E-state index contributed by atoms with van der Waals surface area (Å²) in [5.74, 6) is 0.248. The lowest BCUT2D eigenvalue weighted by Gasteiger charge is -2.11. The Morgan fingerprint density at radius 2 is 1.92 bits per heavy atom. The molecular formula is C15H18N4O4S. The van der Waals surface area contributed by atoms with Gasteiger partial charge in [0.2, 0.25) is 11.8 Å². The van der Waals surface area contributed by atoms with Crippen LogP contribution in [-0.4, -0.2) is 26.3 Å². The van der Waals surface area contributed by atoms with Gasteiger partial charge in [0.25, 0.3) is 10.9 Å². The summed E-state index contributed by atoms with van der Waals surface area (Å²) in [7, 11) is 0. The zero-order valence-electron chi connectivity index (χ0n) is 13.8. The number of benzene rings is 1. The number of hydrogen-bond donors (Lipinski definition) is 1. The van der Waals surface area contributed by atoms with E-state index in [1.165, 1.54) is 24.3 Å². The second-order valence-electron chi connectivity index (χ2n) is 6.18. The van der Waals surface area contributed by atoms with Gasteiger partial charge in [0, 0.05) is 23.2 Å². The molecule has 1 aromatic heterocycles. The van der Waals surface area contributed by atoms with Gasteiger partial charge in [-0.1, -0.05) is 32.5 Å². The summed E-state index contributed by atoms with van der Waals surface area (Å²) < 4.78 is 5.55. The smallest absolute Gasteiger partial charge is 0.277 e. The van der Waals surface area contributed by atoms with Gasteiger partial charge in [-0.05, 0) is 19.1 Å². The van der Waals surface area contributed by atoms with Crippen LogP contribution in [0.5, 0.6) is 0 Å². The van der Waals surface area contributed by atoms with Crippen molar-refractivity contribution < 1.29 is 14.1 Å². The fourth-order valence-electron chi connectivity index (χ4n) is 1.68. The van der Waals surface area contributed by atoms with Crippen molar-refractivity contribution in [2.75, 3.05) is 5.32 Å². The Morgan fingerprint density at radius 1 is 1.29 bits per heavy atom. The first-order chi connectivity index (χ1) is 11.2. The lowest BCUT2D eigenvalue weighted by Crippen LogP contribution is -2.22. The molecule has 2 aromatic rings. The third kappa shape index (κ3) is 4.54. The molecule has 0 spiro atoms. The number of aromatic nitrogens is 2. The van der Waals surface area contributed by atoms with Gasteiger partial charge in [0.05, 0.1) is 10.2 Å². The molecule has 0 aliphatic rings. The van der Waals surface area contributed by atoms with Crippen LogP contribution in [0.3, 0.4) is 0 Å². The Kier molecular flexibility index (Phi) is 5.23. The third-order valence-corrected chi connectivity index (χ3v) is 3.97. The number of hydrogen-bond acceptors (Lipinski definition) is 7. The molecule has 0 radical (unpaired) electrons. The molecule has 9 heteroatoms. The SMILES string of the molecule is CC(Sc1nnc(C(C)(C)C)o1)C(=O)Nc1ccc([N+](=O)[O-])cc1. The number of amides is 1. The van der Waals surface area contributed by atoms with Crippen molar-refractivity contribution in [3.05, 3.63) is 40.3 Å². The van der Waals surface area contributed by atoms with Gasteiger partial charge in [0.1, 0.15) is 0 Å². The standard InChI is InChI=1S/C15H18N4O4S/c1-9(24-14-18-17-13(23-14)15(2,3)4)12(20)16-10-5-7-11(8-6-10)19(21)22/h5-9H,1-4H3,(H,16,20). The molecule has 1 N–H and O–H groups in total. The molecule has 0 fully saturated rings. The normalized spacial score (nSPS) is 12.7. The van der Waals surface area contributed by atoms with Gasteiger partial charge in [-0.15, -0.1) is 10.2 Å². The van der Waals surface area contributed by atoms with E-state index in [1.807, 2.05) is 20.8 Å². The summed E-state index contributed by atoms with van der Waals surface area (Å²) >= 11 is 1.16. The molecule has 128 valence electrons. The van der Waals surface area contributed by atoms with Crippen molar-refractivity contribution >= 4 is 29.0 Å². The minimum atomic E-state index is -0.494. The van der Waals surface area contributed by atoms with Crippen LogP contribution < -0.4 is 5.32 Å². The maximum absolute atomic E-state index is 12.2. The highest BCUT2D eigenvalue weighted by Crippen LogP contribution is 2.27. The largest absolute Gasteiger partial charge is 0.415 e. The van der Waals surface area contributed by atoms with E-state index in [0.717, 1.165) is 11.8 Å². The zero-order valence-corrected chi connectivity index (χ0v) is 14.6. The van der Waals surface area contributed by atoms with Crippen molar-refractivity contribution in [2.24, 2.45) is 0 Å². The topological polar surface area (TPSA) is 111 Å². The van der Waals surface area contributed by atoms with Crippen LogP contribution in [0.15, 0.2) is 33.9 Å². The number of non-ortho nitro benzene ring substituents is 1. The number of carbonyl (C=O) groups is 1. The van der Waals surface area contributed by atoms with E-state index >= 15 is 0 Å². The van der Waals surface area contributed by atoms with E-state index < -0.39 is 10.2 Å². The van der Waals surface area contributed by atoms with Gasteiger partial charge in [-0.2, -0.15) is 0 Å². The van der Waals surface area contributed by atoms with Gasteiger partial charge in [0.15, 0.2) is 0 Å². The Balaban J connectivity index is 1.97. The molecular weight excluding hydrogens is 332 g/mol. The number of nitro groups is 1. The van der Waals surface area contributed by atoms with Crippen LogP contribution in [0.2, 0.25) is 0 Å². The first-order valence-electron chi connectivity index (χ1n) is 7.23. The highest BCUT2D eigenvalue weighted by molar-refractivity contribution is 8.00.